The van der Waals surface area contributed by atoms with Crippen molar-refractivity contribution in [2.75, 3.05) is 6.61 Å². The maximum atomic E-state index is 12.5. The molecule has 1 amide bonds. The Labute approximate surface area is 175 Å². The lowest BCUT2D eigenvalue weighted by atomic mass is 9.99. The van der Waals surface area contributed by atoms with Gasteiger partial charge in [-0.3, -0.25) is 4.79 Å². The van der Waals surface area contributed by atoms with E-state index in [0.29, 0.717) is 16.7 Å². The molecule has 7 nitrogen and oxygen atoms in total. The number of ether oxygens (including phenoxy) is 2. The number of nitriles is 1. The van der Waals surface area contributed by atoms with Gasteiger partial charge < -0.3 is 14.8 Å². The van der Waals surface area contributed by atoms with Crippen molar-refractivity contribution < 1.29 is 23.9 Å². The van der Waals surface area contributed by atoms with Crippen molar-refractivity contribution in [3.05, 3.63) is 71.3 Å². The second-order valence-corrected chi connectivity index (χ2v) is 7.56. The zero-order valence-corrected chi connectivity index (χ0v) is 17.2. The normalized spacial score (nSPS) is 11.7. The first-order valence-electron chi connectivity index (χ1n) is 9.41. The fraction of sp³-hybridized carbons (Fsp3) is 0.304. The summed E-state index contributed by atoms with van der Waals surface area (Å²) in [6.07, 6.45) is -0.652. The topological polar surface area (TPSA) is 105 Å². The number of carbonyl (C=O) groups is 3. The molecular weight excluding hydrogens is 384 g/mol. The van der Waals surface area contributed by atoms with Crippen molar-refractivity contribution in [3.8, 4) is 6.07 Å². The largest absolute Gasteiger partial charge is 0.449 e. The quantitative estimate of drug-likeness (QED) is 0.556. The average molecular weight is 408 g/mol. The van der Waals surface area contributed by atoms with Crippen molar-refractivity contribution in [3.63, 3.8) is 0 Å². The number of amides is 1. The van der Waals surface area contributed by atoms with Crippen molar-refractivity contribution in [2.45, 2.75) is 38.8 Å². The van der Waals surface area contributed by atoms with Crippen molar-refractivity contribution in [1.82, 2.24) is 5.32 Å². The molecule has 0 radical (unpaired) electrons. The highest BCUT2D eigenvalue weighted by Crippen LogP contribution is 2.13. The molecule has 0 bridgehead atoms. The number of esters is 1. The number of alkyl carbamates (subject to hydrolysis) is 1. The predicted octanol–water partition coefficient (Wildman–Crippen LogP) is 3.42. The maximum Gasteiger partial charge on any atom is 0.408 e. The first-order chi connectivity index (χ1) is 14.2. The van der Waals surface area contributed by atoms with Gasteiger partial charge in [0.25, 0.3) is 0 Å². The smallest absolute Gasteiger partial charge is 0.408 e. The molecule has 0 saturated carbocycles. The van der Waals surface area contributed by atoms with Crippen molar-refractivity contribution in [2.24, 2.45) is 0 Å². The summed E-state index contributed by atoms with van der Waals surface area (Å²) in [7, 11) is 0. The van der Waals surface area contributed by atoms with Gasteiger partial charge in [0.15, 0.2) is 12.4 Å². The van der Waals surface area contributed by atoms with E-state index in [2.05, 4.69) is 5.32 Å². The number of nitrogens with one attached hydrogen (secondary N) is 1. The van der Waals surface area contributed by atoms with E-state index < -0.39 is 30.3 Å². The molecule has 30 heavy (non-hydrogen) atoms. The van der Waals surface area contributed by atoms with E-state index in [1.54, 1.807) is 75.4 Å². The van der Waals surface area contributed by atoms with Crippen LogP contribution in [0.3, 0.4) is 0 Å². The molecule has 0 fully saturated rings. The molecule has 2 aromatic carbocycles. The average Bonchev–Trinajstić information content (AvgIpc) is 2.70. The first kappa shape index (κ1) is 22.6. The second kappa shape index (κ2) is 10.2. The van der Waals surface area contributed by atoms with E-state index in [0.717, 1.165) is 0 Å². The van der Waals surface area contributed by atoms with Gasteiger partial charge in [-0.2, -0.15) is 5.26 Å². The van der Waals surface area contributed by atoms with Crippen LogP contribution in [-0.4, -0.2) is 36.1 Å². The Morgan fingerprint density at radius 3 is 2.17 bits per heavy atom. The Hall–Kier alpha value is -3.66. The highest BCUT2D eigenvalue weighted by Gasteiger charge is 2.26. The van der Waals surface area contributed by atoms with E-state index >= 15 is 0 Å². The molecule has 7 heteroatoms. The molecule has 0 aliphatic heterocycles. The van der Waals surface area contributed by atoms with Crippen LogP contribution in [0.4, 0.5) is 4.79 Å². The molecule has 0 heterocycles. The Balaban J connectivity index is 2.12. The van der Waals surface area contributed by atoms with E-state index in [1.807, 2.05) is 6.07 Å². The third kappa shape index (κ3) is 7.06. The second-order valence-electron chi connectivity index (χ2n) is 7.56. The van der Waals surface area contributed by atoms with Gasteiger partial charge in [-0.15, -0.1) is 0 Å². The zero-order valence-electron chi connectivity index (χ0n) is 17.2. The van der Waals surface area contributed by atoms with E-state index in [-0.39, 0.29) is 12.2 Å². The molecule has 0 aliphatic rings. The van der Waals surface area contributed by atoms with Gasteiger partial charge in [0.2, 0.25) is 0 Å². The number of carbonyl (C=O) groups excluding carboxylic acids is 3. The van der Waals surface area contributed by atoms with Crippen LogP contribution < -0.4 is 5.32 Å². The molecular formula is C23H24N2O5. The number of rotatable bonds is 7. The molecule has 1 N–H and O–H groups in total. The summed E-state index contributed by atoms with van der Waals surface area (Å²) in [5.74, 6) is -0.856. The van der Waals surface area contributed by atoms with Gasteiger partial charge in [0.1, 0.15) is 17.7 Å². The van der Waals surface area contributed by atoms with Gasteiger partial charge in [-0.25, -0.2) is 9.59 Å². The van der Waals surface area contributed by atoms with Crippen LogP contribution in [0, 0.1) is 11.3 Å². The summed E-state index contributed by atoms with van der Waals surface area (Å²) in [4.78, 5) is 36.9. The van der Waals surface area contributed by atoms with Gasteiger partial charge in [-0.1, -0.05) is 54.6 Å². The molecule has 2 aromatic rings. The Morgan fingerprint density at radius 1 is 1.00 bits per heavy atom. The van der Waals surface area contributed by atoms with E-state index in [9.17, 15) is 14.4 Å². The van der Waals surface area contributed by atoms with E-state index in [4.69, 9.17) is 14.7 Å². The summed E-state index contributed by atoms with van der Waals surface area (Å²) in [6.45, 7) is 4.70. The number of ketones is 1. The number of hydrogen-bond donors (Lipinski definition) is 1. The third-order valence-electron chi connectivity index (χ3n) is 3.95. The molecule has 0 aromatic heterocycles. The van der Waals surface area contributed by atoms with Gasteiger partial charge >= 0.3 is 12.1 Å². The summed E-state index contributed by atoms with van der Waals surface area (Å²) >= 11 is 0. The minimum absolute atomic E-state index is 0.112. The van der Waals surface area contributed by atoms with Gasteiger partial charge in [-0.05, 0) is 26.3 Å². The fourth-order valence-electron chi connectivity index (χ4n) is 2.63. The number of hydrogen-bond acceptors (Lipinski definition) is 6. The molecule has 0 aliphatic carbocycles. The number of benzene rings is 2. The SMILES string of the molecule is CC(C)(C)OC(=O)N[C@@H](Cc1ccc(C(=O)c2ccccc2)cc1)C(=O)OCC#N. The zero-order chi connectivity index (χ0) is 22.1. The maximum absolute atomic E-state index is 12.5. The standard InChI is InChI=1S/C23H24N2O5/c1-23(2,3)30-22(28)25-19(21(27)29-14-13-24)15-16-9-11-18(12-10-16)20(26)17-7-5-4-6-8-17/h4-12,19H,14-15H2,1-3H3,(H,25,28)/t19-/m0/s1. The fourth-order valence-corrected chi connectivity index (χ4v) is 2.63. The summed E-state index contributed by atoms with van der Waals surface area (Å²) in [6, 6.07) is 16.3. The summed E-state index contributed by atoms with van der Waals surface area (Å²) < 4.78 is 10.0. The van der Waals surface area contributed by atoms with Gasteiger partial charge in [0, 0.05) is 17.5 Å². The van der Waals surface area contributed by atoms with Crippen LogP contribution in [0.1, 0.15) is 42.3 Å². The lowest BCUT2D eigenvalue weighted by Crippen LogP contribution is -2.45. The van der Waals surface area contributed by atoms with Crippen LogP contribution in [0.5, 0.6) is 0 Å². The molecule has 1 atom stereocenters. The van der Waals surface area contributed by atoms with Crippen LogP contribution in [0.2, 0.25) is 0 Å². The highest BCUT2D eigenvalue weighted by molar-refractivity contribution is 6.08. The van der Waals surface area contributed by atoms with Crippen LogP contribution >= 0.6 is 0 Å². The van der Waals surface area contributed by atoms with Gasteiger partial charge in [0.05, 0.1) is 0 Å². The monoisotopic (exact) mass is 408 g/mol. The summed E-state index contributed by atoms with van der Waals surface area (Å²) in [5.41, 5.74) is 1.06. The van der Waals surface area contributed by atoms with Crippen LogP contribution in [-0.2, 0) is 20.7 Å². The molecule has 0 saturated heterocycles. The Bertz CT molecular complexity index is 925. The summed E-state index contributed by atoms with van der Waals surface area (Å²) in [5, 5.41) is 11.1. The first-order valence-corrected chi connectivity index (χ1v) is 9.41. The molecule has 2 rings (SSSR count). The molecule has 0 spiro atoms. The van der Waals surface area contributed by atoms with E-state index in [1.165, 1.54) is 0 Å². The lowest BCUT2D eigenvalue weighted by molar-refractivity contribution is -0.144. The van der Waals surface area contributed by atoms with Crippen molar-refractivity contribution >= 4 is 17.8 Å². The van der Waals surface area contributed by atoms with Crippen LogP contribution in [0.25, 0.3) is 0 Å². The predicted molar refractivity (Wildman–Crippen MR) is 110 cm³/mol. The van der Waals surface area contributed by atoms with Crippen molar-refractivity contribution in [1.29, 1.82) is 5.26 Å². The molecule has 156 valence electrons. The number of nitrogens with zero attached hydrogens (tertiary/aromatic N) is 1. The lowest BCUT2D eigenvalue weighted by Gasteiger charge is -2.22. The third-order valence-corrected chi connectivity index (χ3v) is 3.95. The molecule has 0 unspecified atom stereocenters. The van der Waals surface area contributed by atoms with Crippen LogP contribution in [0.15, 0.2) is 54.6 Å². The Morgan fingerprint density at radius 2 is 1.60 bits per heavy atom. The highest BCUT2D eigenvalue weighted by atomic mass is 16.6. The minimum Gasteiger partial charge on any atom is -0.449 e. The Kier molecular flexibility index (Phi) is 7.70. The minimum atomic E-state index is -1.04.